The highest BCUT2D eigenvalue weighted by Gasteiger charge is 2.42. The Balaban J connectivity index is 1.55. The maximum Gasteiger partial charge on any atom is 0.129 e. The number of aliphatic hydroxyl groups excluding tert-OH is 1. The number of benzene rings is 1. The molecule has 5 heterocycles. The third kappa shape index (κ3) is 2.89. The van der Waals surface area contributed by atoms with Crippen molar-refractivity contribution in [3.63, 3.8) is 0 Å². The van der Waals surface area contributed by atoms with Crippen LogP contribution in [0.5, 0.6) is 5.75 Å². The molecule has 4 saturated heterocycles. The number of fused-ring (bicyclic) bond motifs is 4. The number of anilines is 1. The molecule has 4 aliphatic heterocycles. The second-order valence-corrected chi connectivity index (χ2v) is 8.13. The summed E-state index contributed by atoms with van der Waals surface area (Å²) in [6, 6.07) is 8.21. The summed E-state index contributed by atoms with van der Waals surface area (Å²) in [6.45, 7) is 8.19. The summed E-state index contributed by atoms with van der Waals surface area (Å²) in [6.07, 6.45) is 3.83. The molecule has 142 valence electrons. The topological polar surface area (TPSA) is 48.6 Å². The fraction of sp³-hybridized carbons (Fsp3) is 0.500. The van der Waals surface area contributed by atoms with Gasteiger partial charge in [0.1, 0.15) is 11.6 Å². The number of hydrogen-bond donors (Lipinski definition) is 1. The molecule has 0 saturated carbocycles. The molecule has 1 aromatic heterocycles. The lowest BCUT2D eigenvalue weighted by molar-refractivity contribution is -0.0444. The molecule has 0 spiro atoms. The van der Waals surface area contributed by atoms with Gasteiger partial charge in [0.05, 0.1) is 18.7 Å². The molecule has 5 heteroatoms. The Morgan fingerprint density at radius 2 is 2.15 bits per heavy atom. The van der Waals surface area contributed by atoms with Crippen LogP contribution in [-0.2, 0) is 0 Å². The van der Waals surface area contributed by atoms with Crippen LogP contribution in [0.15, 0.2) is 36.9 Å². The van der Waals surface area contributed by atoms with Crippen molar-refractivity contribution >= 4 is 16.7 Å². The second-order valence-electron chi connectivity index (χ2n) is 8.13. The van der Waals surface area contributed by atoms with E-state index in [2.05, 4.69) is 28.5 Å². The summed E-state index contributed by atoms with van der Waals surface area (Å²) >= 11 is 0. The monoisotopic (exact) mass is 365 g/mol. The summed E-state index contributed by atoms with van der Waals surface area (Å²) in [5.74, 6) is 2.97. The van der Waals surface area contributed by atoms with Crippen LogP contribution in [0.25, 0.3) is 10.9 Å². The normalized spacial score (nSPS) is 30.4. The second kappa shape index (κ2) is 6.50. The molecule has 6 rings (SSSR count). The van der Waals surface area contributed by atoms with E-state index in [1.807, 2.05) is 18.2 Å². The molecule has 2 aromatic rings. The first-order chi connectivity index (χ1) is 13.2. The Labute approximate surface area is 160 Å². The summed E-state index contributed by atoms with van der Waals surface area (Å²) in [4.78, 5) is 9.50. The van der Waals surface area contributed by atoms with Crippen LogP contribution in [0.2, 0.25) is 0 Å². The van der Waals surface area contributed by atoms with Crippen molar-refractivity contribution in [3.05, 3.63) is 42.5 Å². The summed E-state index contributed by atoms with van der Waals surface area (Å²) < 4.78 is 5.43. The average molecular weight is 365 g/mol. The van der Waals surface area contributed by atoms with Crippen LogP contribution in [0.1, 0.15) is 24.5 Å². The van der Waals surface area contributed by atoms with E-state index in [4.69, 9.17) is 9.72 Å². The van der Waals surface area contributed by atoms with Crippen molar-refractivity contribution in [2.24, 2.45) is 11.8 Å². The van der Waals surface area contributed by atoms with Crippen molar-refractivity contribution in [2.45, 2.75) is 25.0 Å². The van der Waals surface area contributed by atoms with Crippen LogP contribution < -0.4 is 9.64 Å². The molecular formula is C22H27N3O2. The van der Waals surface area contributed by atoms with Crippen LogP contribution in [0.3, 0.4) is 0 Å². The SMILES string of the molecule is C=CC1CN2CCC1CC2[C@H](O)c1cc(N2CC2)nc2ccc(OC)cc12. The van der Waals surface area contributed by atoms with Crippen molar-refractivity contribution in [1.82, 2.24) is 9.88 Å². The third-order valence-electron chi connectivity index (χ3n) is 6.64. The number of aromatic nitrogens is 1. The van der Waals surface area contributed by atoms with Crippen molar-refractivity contribution < 1.29 is 9.84 Å². The lowest BCUT2D eigenvalue weighted by Gasteiger charge is -2.50. The zero-order valence-corrected chi connectivity index (χ0v) is 15.8. The molecule has 1 N–H and O–H groups in total. The predicted octanol–water partition coefficient (Wildman–Crippen LogP) is 2.99. The minimum absolute atomic E-state index is 0.166. The van der Waals surface area contributed by atoms with Gasteiger partial charge in [-0.2, -0.15) is 0 Å². The van der Waals surface area contributed by atoms with Gasteiger partial charge >= 0.3 is 0 Å². The van der Waals surface area contributed by atoms with Gasteiger partial charge in [0.15, 0.2) is 0 Å². The molecule has 2 bridgehead atoms. The van der Waals surface area contributed by atoms with E-state index in [9.17, 15) is 5.11 Å². The average Bonchev–Trinajstić information content (AvgIpc) is 3.57. The van der Waals surface area contributed by atoms with E-state index in [1.165, 1.54) is 6.42 Å². The van der Waals surface area contributed by atoms with Crippen molar-refractivity contribution in [3.8, 4) is 5.75 Å². The molecule has 5 atom stereocenters. The molecule has 4 fully saturated rings. The Morgan fingerprint density at radius 1 is 1.30 bits per heavy atom. The van der Waals surface area contributed by atoms with E-state index < -0.39 is 6.10 Å². The van der Waals surface area contributed by atoms with Gasteiger partial charge in [-0.05, 0) is 61.1 Å². The van der Waals surface area contributed by atoms with Gasteiger partial charge < -0.3 is 14.7 Å². The molecule has 27 heavy (non-hydrogen) atoms. The minimum atomic E-state index is -0.519. The Hall–Kier alpha value is -2.11. The number of hydrogen-bond acceptors (Lipinski definition) is 5. The number of methoxy groups -OCH3 is 1. The van der Waals surface area contributed by atoms with Gasteiger partial charge in [0.2, 0.25) is 0 Å². The standard InChI is InChI=1S/C22H27N3O2/c1-3-14-13-25-7-6-15(14)10-20(25)22(26)18-12-21(24-8-9-24)23-19-5-4-16(27-2)11-17(18)19/h3-5,11-12,14-15,20,22,26H,1,6-10,13H2,2H3/t14?,15?,20?,22-/m1/s1. The lowest BCUT2D eigenvalue weighted by Crippen LogP contribution is -2.54. The van der Waals surface area contributed by atoms with Crippen LogP contribution in [0.4, 0.5) is 5.82 Å². The number of nitrogens with zero attached hydrogens (tertiary/aromatic N) is 3. The smallest absolute Gasteiger partial charge is 0.129 e. The Morgan fingerprint density at radius 3 is 2.81 bits per heavy atom. The highest BCUT2D eigenvalue weighted by atomic mass is 16.5. The van der Waals surface area contributed by atoms with Gasteiger partial charge in [-0.1, -0.05) is 6.08 Å². The molecule has 1 aromatic carbocycles. The first-order valence-corrected chi connectivity index (χ1v) is 9.96. The quantitative estimate of drug-likeness (QED) is 0.652. The summed E-state index contributed by atoms with van der Waals surface area (Å²) in [5, 5.41) is 12.5. The first-order valence-electron chi connectivity index (χ1n) is 9.96. The number of aliphatic hydroxyl groups is 1. The highest BCUT2D eigenvalue weighted by molar-refractivity contribution is 5.86. The first kappa shape index (κ1) is 17.0. The molecule has 0 radical (unpaired) electrons. The van der Waals surface area contributed by atoms with E-state index in [-0.39, 0.29) is 6.04 Å². The lowest BCUT2D eigenvalue weighted by atomic mass is 9.73. The number of piperidine rings is 3. The summed E-state index contributed by atoms with van der Waals surface area (Å²) in [5.41, 5.74) is 1.91. The number of rotatable bonds is 5. The third-order valence-corrected chi connectivity index (χ3v) is 6.64. The van der Waals surface area contributed by atoms with E-state index in [0.717, 1.165) is 60.6 Å². The largest absolute Gasteiger partial charge is 0.497 e. The van der Waals surface area contributed by atoms with Gasteiger partial charge in [0, 0.05) is 31.1 Å². The molecule has 4 unspecified atom stereocenters. The molecule has 4 aliphatic rings. The minimum Gasteiger partial charge on any atom is -0.497 e. The van der Waals surface area contributed by atoms with Gasteiger partial charge in [0.25, 0.3) is 0 Å². The van der Waals surface area contributed by atoms with Crippen LogP contribution >= 0.6 is 0 Å². The number of ether oxygens (including phenoxy) is 1. The van der Waals surface area contributed by atoms with Crippen LogP contribution in [0, 0.1) is 11.8 Å². The molecule has 0 aliphatic carbocycles. The van der Waals surface area contributed by atoms with Crippen molar-refractivity contribution in [2.75, 3.05) is 38.2 Å². The fourth-order valence-electron chi connectivity index (χ4n) is 4.94. The fourth-order valence-corrected chi connectivity index (χ4v) is 4.94. The number of pyridine rings is 1. The predicted molar refractivity (Wildman–Crippen MR) is 107 cm³/mol. The van der Waals surface area contributed by atoms with Gasteiger partial charge in [-0.25, -0.2) is 4.98 Å². The molecule has 0 amide bonds. The van der Waals surface area contributed by atoms with Crippen LogP contribution in [-0.4, -0.2) is 54.3 Å². The maximum atomic E-state index is 11.5. The zero-order valence-electron chi connectivity index (χ0n) is 15.8. The molecular weight excluding hydrogens is 338 g/mol. The Bertz CT molecular complexity index is 879. The zero-order chi connectivity index (χ0) is 18.5. The van der Waals surface area contributed by atoms with E-state index in [0.29, 0.717) is 11.8 Å². The Kier molecular flexibility index (Phi) is 4.10. The summed E-state index contributed by atoms with van der Waals surface area (Å²) in [7, 11) is 1.68. The van der Waals surface area contributed by atoms with Gasteiger partial charge in [-0.3, -0.25) is 4.90 Å². The maximum absolute atomic E-state index is 11.5. The van der Waals surface area contributed by atoms with Gasteiger partial charge in [-0.15, -0.1) is 6.58 Å². The van der Waals surface area contributed by atoms with E-state index in [1.54, 1.807) is 7.11 Å². The van der Waals surface area contributed by atoms with Crippen molar-refractivity contribution in [1.29, 1.82) is 0 Å². The van der Waals surface area contributed by atoms with E-state index >= 15 is 0 Å². The molecule has 5 nitrogen and oxygen atoms in total. The highest BCUT2D eigenvalue weighted by Crippen LogP contribution is 2.43.